The van der Waals surface area contributed by atoms with Gasteiger partial charge in [-0.15, -0.1) is 0 Å². The lowest BCUT2D eigenvalue weighted by Crippen LogP contribution is -2.54. The Morgan fingerprint density at radius 2 is 2.03 bits per heavy atom. The molecule has 174 valence electrons. The molecule has 2 aliphatic carbocycles. The molecule has 0 aromatic carbocycles. The number of primary amides is 1. The van der Waals surface area contributed by atoms with Crippen LogP contribution in [-0.4, -0.2) is 45.0 Å². The maximum absolute atomic E-state index is 13.1. The van der Waals surface area contributed by atoms with Gasteiger partial charge in [-0.2, -0.15) is 0 Å². The number of carbonyl (C=O) groups is 2. The number of amides is 2. The molecule has 3 aliphatic rings. The second kappa shape index (κ2) is 7.74. The van der Waals surface area contributed by atoms with Gasteiger partial charge in [0.25, 0.3) is 5.91 Å². The normalized spacial score (nSPS) is 27.6. The highest BCUT2D eigenvalue weighted by molar-refractivity contribution is 6.35. The molecule has 5 rings (SSSR count). The van der Waals surface area contributed by atoms with Crippen LogP contribution in [0.1, 0.15) is 49.9 Å². The fraction of sp³-hybridized carbons (Fsp3) is 0.478. The molecule has 2 amide bonds. The van der Waals surface area contributed by atoms with Gasteiger partial charge in [0.05, 0.1) is 22.2 Å². The van der Waals surface area contributed by atoms with Crippen LogP contribution in [-0.2, 0) is 4.79 Å². The van der Waals surface area contributed by atoms with E-state index in [0.717, 1.165) is 31.5 Å². The van der Waals surface area contributed by atoms with Crippen molar-refractivity contribution in [3.8, 4) is 5.88 Å². The zero-order valence-electron chi connectivity index (χ0n) is 18.3. The van der Waals surface area contributed by atoms with Crippen LogP contribution >= 0.6 is 23.2 Å². The number of anilines is 1. The van der Waals surface area contributed by atoms with Crippen molar-refractivity contribution in [3.63, 3.8) is 0 Å². The van der Waals surface area contributed by atoms with Crippen LogP contribution in [0, 0.1) is 5.92 Å². The van der Waals surface area contributed by atoms with Crippen molar-refractivity contribution in [1.82, 2.24) is 15.3 Å². The first-order valence-corrected chi connectivity index (χ1v) is 11.7. The zero-order chi connectivity index (χ0) is 23.5. The van der Waals surface area contributed by atoms with Gasteiger partial charge >= 0.3 is 0 Å². The average Bonchev–Trinajstić information content (AvgIpc) is 3.44. The van der Waals surface area contributed by atoms with Crippen LogP contribution < -0.4 is 20.7 Å². The summed E-state index contributed by atoms with van der Waals surface area (Å²) in [4.78, 5) is 35.4. The van der Waals surface area contributed by atoms with Gasteiger partial charge in [-0.3, -0.25) is 9.59 Å². The minimum Gasteiger partial charge on any atom is -0.460 e. The summed E-state index contributed by atoms with van der Waals surface area (Å²) in [6.45, 7) is 3.39. The van der Waals surface area contributed by atoms with Gasteiger partial charge in [-0.1, -0.05) is 23.2 Å². The molecule has 1 aliphatic heterocycles. The first-order chi connectivity index (χ1) is 15.6. The molecule has 3 heterocycles. The first-order valence-electron chi connectivity index (χ1n) is 11.0. The predicted molar refractivity (Wildman–Crippen MR) is 125 cm³/mol. The third kappa shape index (κ3) is 3.69. The van der Waals surface area contributed by atoms with Gasteiger partial charge < -0.3 is 20.7 Å². The van der Waals surface area contributed by atoms with Crippen molar-refractivity contribution in [2.24, 2.45) is 11.7 Å². The van der Waals surface area contributed by atoms with Crippen molar-refractivity contribution in [2.75, 3.05) is 4.90 Å². The number of aromatic nitrogens is 2. The molecular formula is C23H25Cl2N5O3. The van der Waals surface area contributed by atoms with E-state index < -0.39 is 11.5 Å². The predicted octanol–water partition coefficient (Wildman–Crippen LogP) is 3.36. The van der Waals surface area contributed by atoms with E-state index in [9.17, 15) is 9.59 Å². The number of halogens is 2. The Bertz CT molecular complexity index is 1130. The van der Waals surface area contributed by atoms with Gasteiger partial charge in [0.2, 0.25) is 11.8 Å². The Morgan fingerprint density at radius 3 is 2.64 bits per heavy atom. The van der Waals surface area contributed by atoms with Crippen LogP contribution in [0.2, 0.25) is 10.0 Å². The molecule has 3 N–H and O–H groups in total. The van der Waals surface area contributed by atoms with Crippen LogP contribution in [0.25, 0.3) is 0 Å². The molecule has 2 saturated carbocycles. The Hall–Kier alpha value is -2.58. The highest BCUT2D eigenvalue weighted by Crippen LogP contribution is 2.65. The van der Waals surface area contributed by atoms with Crippen LogP contribution in [0.5, 0.6) is 5.88 Å². The lowest BCUT2D eigenvalue weighted by molar-refractivity contribution is -0.135. The number of nitrogens with one attached hydrogen (secondary N) is 1. The van der Waals surface area contributed by atoms with E-state index in [2.05, 4.69) is 20.2 Å². The average molecular weight is 490 g/mol. The third-order valence-corrected chi connectivity index (χ3v) is 7.71. The Kier molecular flexibility index (Phi) is 5.21. The summed E-state index contributed by atoms with van der Waals surface area (Å²) in [7, 11) is 0. The van der Waals surface area contributed by atoms with E-state index >= 15 is 0 Å². The van der Waals surface area contributed by atoms with E-state index in [1.54, 1.807) is 19.9 Å². The summed E-state index contributed by atoms with van der Waals surface area (Å²) >= 11 is 12.1. The largest absolute Gasteiger partial charge is 0.460 e. The monoisotopic (exact) mass is 489 g/mol. The van der Waals surface area contributed by atoms with Crippen molar-refractivity contribution in [1.29, 1.82) is 0 Å². The molecule has 4 atom stereocenters. The zero-order valence-corrected chi connectivity index (χ0v) is 19.9. The van der Waals surface area contributed by atoms with Gasteiger partial charge in [0.1, 0.15) is 10.8 Å². The molecule has 33 heavy (non-hydrogen) atoms. The number of nitrogens with two attached hydrogens (primary N) is 1. The van der Waals surface area contributed by atoms with E-state index in [-0.39, 0.29) is 28.4 Å². The SMILES string of the molecule is CC(C)(Oc1ncc(Cl)cc1Cl)C(=O)NC1CC2CCC23C(C1)N3c1ccc(C(N)=O)cn1. The maximum atomic E-state index is 13.1. The second-order valence-electron chi connectivity index (χ2n) is 9.58. The van der Waals surface area contributed by atoms with Crippen LogP contribution in [0.15, 0.2) is 30.6 Å². The third-order valence-electron chi connectivity index (χ3n) is 7.23. The Balaban J connectivity index is 1.26. The first kappa shape index (κ1) is 22.2. The summed E-state index contributed by atoms with van der Waals surface area (Å²) in [6.07, 6.45) is 6.95. The van der Waals surface area contributed by atoms with Crippen LogP contribution in [0.4, 0.5) is 5.82 Å². The van der Waals surface area contributed by atoms with Crippen LogP contribution in [0.3, 0.4) is 0 Å². The standard InChI is InChI=1S/C23H25Cl2N5O3/c1-22(2,33-20-16(25)8-14(24)11-28-20)21(32)29-15-7-13-5-6-23(13)17(9-15)30(23)18-4-3-12(10-27-18)19(26)31/h3-4,8,10-11,13,15,17H,5-7,9H2,1-2H3,(H2,26,31)(H,29,32). The Morgan fingerprint density at radius 1 is 1.24 bits per heavy atom. The van der Waals surface area contributed by atoms with E-state index in [1.807, 2.05) is 6.07 Å². The van der Waals surface area contributed by atoms with E-state index in [0.29, 0.717) is 22.5 Å². The molecule has 0 radical (unpaired) electrons. The quantitative estimate of drug-likeness (QED) is 0.601. The molecule has 4 unspecified atom stereocenters. The van der Waals surface area contributed by atoms with Crippen molar-refractivity contribution in [2.45, 2.75) is 62.8 Å². The summed E-state index contributed by atoms with van der Waals surface area (Å²) in [6, 6.07) is 5.46. The number of nitrogens with zero attached hydrogens (tertiary/aromatic N) is 3. The van der Waals surface area contributed by atoms with E-state index in [4.69, 9.17) is 33.7 Å². The summed E-state index contributed by atoms with van der Waals surface area (Å²) < 4.78 is 5.84. The molecule has 1 saturated heterocycles. The Labute approximate surface area is 201 Å². The highest BCUT2D eigenvalue weighted by Gasteiger charge is 2.73. The summed E-state index contributed by atoms with van der Waals surface area (Å²) in [5, 5.41) is 3.83. The number of carbonyl (C=O) groups excluding carboxylic acids is 2. The minimum atomic E-state index is -1.16. The summed E-state index contributed by atoms with van der Waals surface area (Å²) in [5.41, 5.74) is 4.71. The van der Waals surface area contributed by atoms with Crippen molar-refractivity contribution in [3.05, 3.63) is 46.2 Å². The number of ether oxygens (including phenoxy) is 1. The molecule has 0 bridgehead atoms. The van der Waals surface area contributed by atoms with Gasteiger partial charge in [-0.25, -0.2) is 9.97 Å². The molecular weight excluding hydrogens is 465 g/mol. The fourth-order valence-corrected chi connectivity index (χ4v) is 5.86. The molecule has 2 aromatic heterocycles. The minimum absolute atomic E-state index is 0.0346. The topological polar surface area (TPSA) is 110 Å². The smallest absolute Gasteiger partial charge is 0.263 e. The number of rotatable bonds is 6. The van der Waals surface area contributed by atoms with Gasteiger partial charge in [-0.05, 0) is 63.6 Å². The van der Waals surface area contributed by atoms with Crippen molar-refractivity contribution >= 4 is 40.8 Å². The highest BCUT2D eigenvalue weighted by atomic mass is 35.5. The fourth-order valence-electron chi connectivity index (χ4n) is 5.44. The number of pyridine rings is 2. The molecule has 8 nitrogen and oxygen atoms in total. The maximum Gasteiger partial charge on any atom is 0.263 e. The molecule has 1 spiro atoms. The molecule has 3 fully saturated rings. The lowest BCUT2D eigenvalue weighted by Gasteiger charge is -2.43. The molecule has 2 aromatic rings. The number of hydrogen-bond acceptors (Lipinski definition) is 6. The lowest BCUT2D eigenvalue weighted by atomic mass is 9.63. The van der Waals surface area contributed by atoms with Gasteiger partial charge in [0.15, 0.2) is 5.60 Å². The molecule has 10 heteroatoms. The summed E-state index contributed by atoms with van der Waals surface area (Å²) in [5.74, 6) is 0.814. The number of hydrogen-bond donors (Lipinski definition) is 2. The second-order valence-corrected chi connectivity index (χ2v) is 10.4. The van der Waals surface area contributed by atoms with Crippen molar-refractivity contribution < 1.29 is 14.3 Å². The van der Waals surface area contributed by atoms with Gasteiger partial charge in [0, 0.05) is 18.4 Å². The van der Waals surface area contributed by atoms with E-state index in [1.165, 1.54) is 18.5 Å².